The highest BCUT2D eigenvalue weighted by Crippen LogP contribution is 2.26. The number of hydrogen-bond acceptors (Lipinski definition) is 2. The highest BCUT2D eigenvalue weighted by Gasteiger charge is 2.09. The predicted molar refractivity (Wildman–Crippen MR) is 60.3 cm³/mol. The van der Waals surface area contributed by atoms with Crippen molar-refractivity contribution in [3.63, 3.8) is 0 Å². The minimum absolute atomic E-state index is 0.0431. The molecule has 0 heterocycles. The van der Waals surface area contributed by atoms with Crippen molar-refractivity contribution in [3.8, 4) is 0 Å². The summed E-state index contributed by atoms with van der Waals surface area (Å²) in [5.41, 5.74) is 6.59. The number of rotatable bonds is 4. The number of carboxylic acids is 1. The lowest BCUT2D eigenvalue weighted by Crippen LogP contribution is -2.12. The van der Waals surface area contributed by atoms with Gasteiger partial charge in [-0.05, 0) is 24.1 Å². The standard InChI is InChI=1S/C10H11Cl2NO2/c11-7-2-1-6(5-8(7)12)9(13)3-4-10(14)15/h1-2,5,9H,3-4,13H2,(H,14,15)/t9-/m0/s1. The van der Waals surface area contributed by atoms with E-state index in [2.05, 4.69) is 0 Å². The predicted octanol–water partition coefficient (Wildman–Crippen LogP) is 2.86. The Kier molecular flexibility index (Phi) is 4.39. The van der Waals surface area contributed by atoms with Crippen molar-refractivity contribution in [3.05, 3.63) is 33.8 Å². The van der Waals surface area contributed by atoms with Crippen molar-refractivity contribution in [2.24, 2.45) is 5.73 Å². The summed E-state index contributed by atoms with van der Waals surface area (Å²) in [6.07, 6.45) is 0.425. The van der Waals surface area contributed by atoms with Crippen molar-refractivity contribution in [1.29, 1.82) is 0 Å². The SMILES string of the molecule is N[C@@H](CCC(=O)O)c1ccc(Cl)c(Cl)c1. The molecule has 0 saturated heterocycles. The molecule has 0 spiro atoms. The van der Waals surface area contributed by atoms with Gasteiger partial charge in [0, 0.05) is 12.5 Å². The van der Waals surface area contributed by atoms with Crippen LogP contribution in [0, 0.1) is 0 Å². The summed E-state index contributed by atoms with van der Waals surface area (Å²) in [5.74, 6) is -0.856. The Bertz CT molecular complexity index is 368. The van der Waals surface area contributed by atoms with Crippen molar-refractivity contribution in [2.75, 3.05) is 0 Å². The molecule has 3 nitrogen and oxygen atoms in total. The molecule has 0 amide bonds. The summed E-state index contributed by atoms with van der Waals surface area (Å²) < 4.78 is 0. The number of halogens is 2. The van der Waals surface area contributed by atoms with Crippen LogP contribution >= 0.6 is 23.2 Å². The van der Waals surface area contributed by atoms with Crippen LogP contribution < -0.4 is 5.73 Å². The Hall–Kier alpha value is -0.770. The van der Waals surface area contributed by atoms with Gasteiger partial charge in [-0.1, -0.05) is 29.3 Å². The Labute approximate surface area is 97.8 Å². The number of carbonyl (C=O) groups is 1. The lowest BCUT2D eigenvalue weighted by molar-refractivity contribution is -0.137. The van der Waals surface area contributed by atoms with Crippen LogP contribution in [0.2, 0.25) is 10.0 Å². The summed E-state index contributed by atoms with van der Waals surface area (Å²) in [6.45, 7) is 0. The van der Waals surface area contributed by atoms with E-state index in [9.17, 15) is 4.79 Å². The molecule has 0 unspecified atom stereocenters. The Morgan fingerprint density at radius 2 is 2.07 bits per heavy atom. The normalized spacial score (nSPS) is 12.5. The van der Waals surface area contributed by atoms with E-state index in [1.807, 2.05) is 0 Å². The number of benzene rings is 1. The van der Waals surface area contributed by atoms with Crippen molar-refractivity contribution in [1.82, 2.24) is 0 Å². The summed E-state index contributed by atoms with van der Waals surface area (Å²) in [5, 5.41) is 9.40. The van der Waals surface area contributed by atoms with Gasteiger partial charge in [-0.25, -0.2) is 0 Å². The summed E-state index contributed by atoms with van der Waals surface area (Å²) >= 11 is 11.6. The second-order valence-corrected chi connectivity index (χ2v) is 4.03. The zero-order chi connectivity index (χ0) is 11.4. The van der Waals surface area contributed by atoms with Crippen molar-refractivity contribution < 1.29 is 9.90 Å². The van der Waals surface area contributed by atoms with E-state index in [0.717, 1.165) is 5.56 Å². The van der Waals surface area contributed by atoms with E-state index in [4.69, 9.17) is 34.0 Å². The molecule has 0 saturated carbocycles. The van der Waals surface area contributed by atoms with Crippen LogP contribution in [0.4, 0.5) is 0 Å². The average molecular weight is 248 g/mol. The number of hydrogen-bond donors (Lipinski definition) is 2. The molecule has 0 aliphatic carbocycles. The number of aliphatic carboxylic acids is 1. The van der Waals surface area contributed by atoms with Gasteiger partial charge in [0.1, 0.15) is 0 Å². The lowest BCUT2D eigenvalue weighted by Gasteiger charge is -2.11. The first kappa shape index (κ1) is 12.3. The highest BCUT2D eigenvalue weighted by atomic mass is 35.5. The fourth-order valence-corrected chi connectivity index (χ4v) is 1.50. The van der Waals surface area contributed by atoms with E-state index >= 15 is 0 Å². The van der Waals surface area contributed by atoms with Crippen LogP contribution in [0.3, 0.4) is 0 Å². The van der Waals surface area contributed by atoms with Gasteiger partial charge in [-0.3, -0.25) is 4.79 Å². The number of nitrogens with two attached hydrogens (primary N) is 1. The first-order chi connectivity index (χ1) is 7.00. The van der Waals surface area contributed by atoms with Gasteiger partial charge in [-0.2, -0.15) is 0 Å². The molecular formula is C10H11Cl2NO2. The summed E-state index contributed by atoms with van der Waals surface area (Å²) in [6, 6.07) is 4.74. The maximum atomic E-state index is 10.4. The molecular weight excluding hydrogens is 237 g/mol. The molecule has 1 aromatic rings. The van der Waals surface area contributed by atoms with Gasteiger partial charge in [0.2, 0.25) is 0 Å². The zero-order valence-electron chi connectivity index (χ0n) is 7.91. The van der Waals surface area contributed by atoms with E-state index in [1.54, 1.807) is 18.2 Å². The molecule has 0 radical (unpaired) electrons. The molecule has 0 fully saturated rings. The van der Waals surface area contributed by atoms with Crippen LogP contribution in [0.5, 0.6) is 0 Å². The van der Waals surface area contributed by atoms with Crippen LogP contribution in [-0.4, -0.2) is 11.1 Å². The second-order valence-electron chi connectivity index (χ2n) is 3.21. The van der Waals surface area contributed by atoms with E-state index in [0.29, 0.717) is 16.5 Å². The molecule has 0 aromatic heterocycles. The first-order valence-corrected chi connectivity index (χ1v) is 5.18. The Morgan fingerprint density at radius 3 is 2.60 bits per heavy atom. The van der Waals surface area contributed by atoms with Crippen LogP contribution in [0.25, 0.3) is 0 Å². The zero-order valence-corrected chi connectivity index (χ0v) is 9.42. The smallest absolute Gasteiger partial charge is 0.303 e. The molecule has 1 rings (SSSR count). The first-order valence-electron chi connectivity index (χ1n) is 4.43. The van der Waals surface area contributed by atoms with E-state index < -0.39 is 5.97 Å². The van der Waals surface area contributed by atoms with Crippen LogP contribution in [-0.2, 0) is 4.79 Å². The molecule has 1 aromatic carbocycles. The summed E-state index contributed by atoms with van der Waals surface area (Å²) in [4.78, 5) is 10.4. The largest absolute Gasteiger partial charge is 0.481 e. The highest BCUT2D eigenvalue weighted by molar-refractivity contribution is 6.42. The molecule has 0 bridgehead atoms. The van der Waals surface area contributed by atoms with Crippen LogP contribution in [0.1, 0.15) is 24.4 Å². The third kappa shape index (κ3) is 3.70. The van der Waals surface area contributed by atoms with E-state index in [1.165, 1.54) is 0 Å². The third-order valence-corrected chi connectivity index (χ3v) is 2.78. The van der Waals surface area contributed by atoms with Gasteiger partial charge in [0.25, 0.3) is 0 Å². The molecule has 15 heavy (non-hydrogen) atoms. The van der Waals surface area contributed by atoms with E-state index in [-0.39, 0.29) is 12.5 Å². The fraction of sp³-hybridized carbons (Fsp3) is 0.300. The molecule has 5 heteroatoms. The molecule has 0 aliphatic heterocycles. The quantitative estimate of drug-likeness (QED) is 0.861. The molecule has 3 N–H and O–H groups in total. The van der Waals surface area contributed by atoms with Gasteiger partial charge in [0.05, 0.1) is 10.0 Å². The Balaban J connectivity index is 2.69. The van der Waals surface area contributed by atoms with Crippen molar-refractivity contribution >= 4 is 29.2 Å². The second kappa shape index (κ2) is 5.35. The Morgan fingerprint density at radius 1 is 1.40 bits per heavy atom. The summed E-state index contributed by atoms with van der Waals surface area (Å²) in [7, 11) is 0. The van der Waals surface area contributed by atoms with Gasteiger partial charge < -0.3 is 10.8 Å². The van der Waals surface area contributed by atoms with Gasteiger partial charge in [-0.15, -0.1) is 0 Å². The van der Waals surface area contributed by atoms with Gasteiger partial charge in [0.15, 0.2) is 0 Å². The maximum absolute atomic E-state index is 10.4. The minimum Gasteiger partial charge on any atom is -0.481 e. The lowest BCUT2D eigenvalue weighted by atomic mass is 10.0. The molecule has 1 atom stereocenters. The number of carboxylic acid groups (broad SMARTS) is 1. The fourth-order valence-electron chi connectivity index (χ4n) is 1.19. The third-order valence-electron chi connectivity index (χ3n) is 2.04. The van der Waals surface area contributed by atoms with Gasteiger partial charge >= 0.3 is 5.97 Å². The minimum atomic E-state index is -0.856. The maximum Gasteiger partial charge on any atom is 0.303 e. The molecule has 0 aliphatic rings. The van der Waals surface area contributed by atoms with Crippen molar-refractivity contribution in [2.45, 2.75) is 18.9 Å². The monoisotopic (exact) mass is 247 g/mol. The van der Waals surface area contributed by atoms with Crippen LogP contribution in [0.15, 0.2) is 18.2 Å². The topological polar surface area (TPSA) is 63.3 Å². The average Bonchev–Trinajstić information content (AvgIpc) is 2.18. The molecule has 82 valence electrons.